The highest BCUT2D eigenvalue weighted by Crippen LogP contribution is 2.34. The molecule has 1 amide bonds. The maximum Gasteiger partial charge on any atom is 0.416 e. The molecule has 8 nitrogen and oxygen atoms in total. The van der Waals surface area contributed by atoms with Crippen molar-refractivity contribution in [1.82, 2.24) is 29.7 Å². The van der Waals surface area contributed by atoms with Gasteiger partial charge in [0.2, 0.25) is 5.91 Å². The standard InChI is InChI=1S/C31H33F3N6O2/c1-2-38-11-13-39(14-12-38)19-22-4-3-21(15-26(22)31(32,33)34)16-29(41)40-10-7-27-23(20-40)17-24(18-37-27)42-28-6-9-36-30-25(28)5-8-35-30/h3-6,8-9,15,17-18H,2,7,10-14,16,19-20H2,1H3,(H,35,36). The molecule has 2 aliphatic rings. The Balaban J connectivity index is 1.13. The van der Waals surface area contributed by atoms with E-state index in [1.807, 2.05) is 12.1 Å². The average Bonchev–Trinajstić information content (AvgIpc) is 3.47. The number of pyridine rings is 2. The van der Waals surface area contributed by atoms with Crippen molar-refractivity contribution in [3.05, 3.63) is 82.9 Å². The second kappa shape index (κ2) is 11.7. The van der Waals surface area contributed by atoms with E-state index in [4.69, 9.17) is 4.74 Å². The highest BCUT2D eigenvalue weighted by Gasteiger charge is 2.34. The molecule has 1 fully saturated rings. The Hall–Kier alpha value is -3.96. The van der Waals surface area contributed by atoms with Crippen molar-refractivity contribution in [2.24, 2.45) is 0 Å². The first-order valence-corrected chi connectivity index (χ1v) is 14.3. The van der Waals surface area contributed by atoms with Crippen LogP contribution in [-0.2, 0) is 36.9 Å². The highest BCUT2D eigenvalue weighted by atomic mass is 19.4. The maximum absolute atomic E-state index is 14.1. The van der Waals surface area contributed by atoms with Crippen molar-refractivity contribution in [1.29, 1.82) is 0 Å². The van der Waals surface area contributed by atoms with Crippen LogP contribution in [0.5, 0.6) is 11.5 Å². The number of rotatable bonds is 7. The summed E-state index contributed by atoms with van der Waals surface area (Å²) in [7, 11) is 0. The molecule has 1 aromatic carbocycles. The van der Waals surface area contributed by atoms with Crippen molar-refractivity contribution in [3.63, 3.8) is 0 Å². The van der Waals surface area contributed by atoms with Gasteiger partial charge in [0.25, 0.3) is 0 Å². The van der Waals surface area contributed by atoms with Crippen LogP contribution in [0.25, 0.3) is 11.0 Å². The molecule has 1 N–H and O–H groups in total. The number of hydrogen-bond donors (Lipinski definition) is 1. The first kappa shape index (κ1) is 28.2. The third kappa shape index (κ3) is 6.12. The molecule has 3 aromatic heterocycles. The number of aromatic amines is 1. The summed E-state index contributed by atoms with van der Waals surface area (Å²) in [4.78, 5) is 31.2. The highest BCUT2D eigenvalue weighted by molar-refractivity contribution is 5.82. The largest absolute Gasteiger partial charge is 0.455 e. The normalized spacial score (nSPS) is 16.5. The first-order chi connectivity index (χ1) is 20.3. The molecule has 220 valence electrons. The van der Waals surface area contributed by atoms with Gasteiger partial charge in [-0.1, -0.05) is 19.1 Å². The number of aromatic nitrogens is 3. The van der Waals surface area contributed by atoms with Crippen molar-refractivity contribution in [2.75, 3.05) is 39.3 Å². The van der Waals surface area contributed by atoms with Crippen LogP contribution in [0.4, 0.5) is 13.2 Å². The Morgan fingerprint density at radius 2 is 1.83 bits per heavy atom. The number of fused-ring (bicyclic) bond motifs is 2. The van der Waals surface area contributed by atoms with Crippen LogP contribution in [-0.4, -0.2) is 74.8 Å². The maximum atomic E-state index is 14.1. The van der Waals surface area contributed by atoms with Gasteiger partial charge in [-0.2, -0.15) is 13.2 Å². The number of amides is 1. The average molecular weight is 579 g/mol. The van der Waals surface area contributed by atoms with Gasteiger partial charge in [0, 0.05) is 70.3 Å². The van der Waals surface area contributed by atoms with E-state index < -0.39 is 11.7 Å². The van der Waals surface area contributed by atoms with Crippen LogP contribution in [0.15, 0.2) is 55.0 Å². The van der Waals surface area contributed by atoms with Gasteiger partial charge in [-0.05, 0) is 47.5 Å². The molecule has 5 heterocycles. The number of carbonyl (C=O) groups is 1. The number of halogens is 3. The summed E-state index contributed by atoms with van der Waals surface area (Å²) in [5.41, 5.74) is 2.42. The fourth-order valence-electron chi connectivity index (χ4n) is 5.75. The second-order valence-corrected chi connectivity index (χ2v) is 10.9. The van der Waals surface area contributed by atoms with E-state index in [9.17, 15) is 18.0 Å². The van der Waals surface area contributed by atoms with E-state index in [1.165, 1.54) is 6.07 Å². The fourth-order valence-corrected chi connectivity index (χ4v) is 5.75. The Morgan fingerprint density at radius 3 is 2.62 bits per heavy atom. The number of ether oxygens (including phenoxy) is 1. The van der Waals surface area contributed by atoms with Crippen LogP contribution >= 0.6 is 0 Å². The monoisotopic (exact) mass is 578 g/mol. The van der Waals surface area contributed by atoms with E-state index >= 15 is 0 Å². The summed E-state index contributed by atoms with van der Waals surface area (Å²) < 4.78 is 48.3. The minimum absolute atomic E-state index is 0.0972. The van der Waals surface area contributed by atoms with Crippen LogP contribution < -0.4 is 4.74 Å². The number of nitrogens with zero attached hydrogens (tertiary/aromatic N) is 5. The molecule has 42 heavy (non-hydrogen) atoms. The predicted molar refractivity (Wildman–Crippen MR) is 152 cm³/mol. The molecular weight excluding hydrogens is 545 g/mol. The van der Waals surface area contributed by atoms with E-state index in [1.54, 1.807) is 35.6 Å². The van der Waals surface area contributed by atoms with Crippen LogP contribution in [0.3, 0.4) is 0 Å². The third-order valence-corrected chi connectivity index (χ3v) is 8.16. The lowest BCUT2D eigenvalue weighted by Crippen LogP contribution is -2.45. The quantitative estimate of drug-likeness (QED) is 0.332. The van der Waals surface area contributed by atoms with Crippen LogP contribution in [0, 0.1) is 0 Å². The molecule has 0 unspecified atom stereocenters. The lowest BCUT2D eigenvalue weighted by molar-refractivity contribution is -0.138. The zero-order valence-electron chi connectivity index (χ0n) is 23.5. The van der Waals surface area contributed by atoms with Crippen LogP contribution in [0.1, 0.15) is 34.9 Å². The summed E-state index contributed by atoms with van der Waals surface area (Å²) in [5, 5.41) is 0.843. The first-order valence-electron chi connectivity index (χ1n) is 14.3. The Kier molecular flexibility index (Phi) is 7.87. The molecule has 0 spiro atoms. The molecule has 0 radical (unpaired) electrons. The molecule has 11 heteroatoms. The minimum Gasteiger partial charge on any atom is -0.455 e. The van der Waals surface area contributed by atoms with E-state index in [0.717, 1.165) is 55.4 Å². The topological polar surface area (TPSA) is 77.6 Å². The van der Waals surface area contributed by atoms with Gasteiger partial charge in [-0.3, -0.25) is 14.7 Å². The van der Waals surface area contributed by atoms with Crippen molar-refractivity contribution in [2.45, 2.75) is 39.0 Å². The predicted octanol–water partition coefficient (Wildman–Crippen LogP) is 5.03. The number of benzene rings is 1. The summed E-state index contributed by atoms with van der Waals surface area (Å²) in [6.07, 6.45) is 1.09. The number of likely N-dealkylation sites (N-methyl/N-ethyl adjacent to an activating group) is 1. The second-order valence-electron chi connectivity index (χ2n) is 10.9. The van der Waals surface area contributed by atoms with Gasteiger partial charge in [-0.15, -0.1) is 0 Å². The molecule has 0 bridgehead atoms. The zero-order valence-corrected chi connectivity index (χ0v) is 23.5. The Labute approximate surface area is 242 Å². The van der Waals surface area contributed by atoms with Gasteiger partial charge in [0.05, 0.1) is 23.6 Å². The molecule has 0 saturated carbocycles. The van der Waals surface area contributed by atoms with E-state index in [-0.39, 0.29) is 24.4 Å². The van der Waals surface area contributed by atoms with Gasteiger partial charge in [-0.25, -0.2) is 4.98 Å². The van der Waals surface area contributed by atoms with Crippen LogP contribution in [0.2, 0.25) is 0 Å². The summed E-state index contributed by atoms with van der Waals surface area (Å²) in [5.74, 6) is 0.962. The minimum atomic E-state index is -4.49. The van der Waals surface area contributed by atoms with Gasteiger partial charge in [0.15, 0.2) is 0 Å². The summed E-state index contributed by atoms with van der Waals surface area (Å²) >= 11 is 0. The summed E-state index contributed by atoms with van der Waals surface area (Å²) in [6.45, 7) is 7.25. The van der Waals surface area contributed by atoms with Crippen molar-refractivity contribution in [3.8, 4) is 11.5 Å². The van der Waals surface area contributed by atoms with Gasteiger partial charge in [0.1, 0.15) is 17.1 Å². The molecule has 0 aliphatic carbocycles. The third-order valence-electron chi connectivity index (χ3n) is 8.16. The number of nitrogens with one attached hydrogen (secondary N) is 1. The molecule has 4 aromatic rings. The van der Waals surface area contributed by atoms with Gasteiger partial charge < -0.3 is 19.5 Å². The molecule has 2 aliphatic heterocycles. The van der Waals surface area contributed by atoms with E-state index in [2.05, 4.69) is 31.7 Å². The Bertz CT molecular complexity index is 1580. The molecule has 6 rings (SSSR count). The summed E-state index contributed by atoms with van der Waals surface area (Å²) in [6, 6.07) is 9.88. The zero-order chi connectivity index (χ0) is 29.3. The smallest absolute Gasteiger partial charge is 0.416 e. The van der Waals surface area contributed by atoms with E-state index in [0.29, 0.717) is 42.2 Å². The van der Waals surface area contributed by atoms with Crippen molar-refractivity contribution < 1.29 is 22.7 Å². The van der Waals surface area contributed by atoms with Crippen molar-refractivity contribution >= 4 is 16.9 Å². The SMILES string of the molecule is CCN1CCN(Cc2ccc(CC(=O)N3CCc4ncc(Oc5ccnc6[nH]ccc56)cc4C3)cc2C(F)(F)F)CC1. The molecule has 1 saturated heterocycles. The number of piperazine rings is 1. The lowest BCUT2D eigenvalue weighted by Gasteiger charge is -2.34. The number of carbonyl (C=O) groups excluding carboxylic acids is 1. The lowest BCUT2D eigenvalue weighted by atomic mass is 9.99. The number of alkyl halides is 3. The number of H-pyrrole nitrogens is 1. The Morgan fingerprint density at radius 1 is 1.02 bits per heavy atom. The number of hydrogen-bond acceptors (Lipinski definition) is 6. The molecular formula is C31H33F3N6O2. The van der Waals surface area contributed by atoms with Gasteiger partial charge >= 0.3 is 6.18 Å². The fraction of sp³-hybridized carbons (Fsp3) is 0.387. The molecule has 0 atom stereocenters.